The second kappa shape index (κ2) is 7.19. The number of rotatable bonds is 5. The van der Waals surface area contributed by atoms with Gasteiger partial charge in [0.05, 0.1) is 4.90 Å². The largest absolute Gasteiger partial charge is 0.301 e. The van der Waals surface area contributed by atoms with Crippen LogP contribution in [0, 0.1) is 5.82 Å². The summed E-state index contributed by atoms with van der Waals surface area (Å²) in [6, 6.07) is 21.1. The minimum Gasteiger partial charge on any atom is -0.301 e. The molecule has 3 aromatic rings. The van der Waals surface area contributed by atoms with Crippen molar-refractivity contribution in [3.63, 3.8) is 0 Å². The number of hydrogen-bond donors (Lipinski definition) is 1. The van der Waals surface area contributed by atoms with Gasteiger partial charge in [-0.25, -0.2) is 8.60 Å². The first-order valence-electron chi connectivity index (χ1n) is 7.27. The van der Waals surface area contributed by atoms with Gasteiger partial charge in [0.25, 0.3) is 0 Å². The minimum absolute atomic E-state index is 0.189. The zero-order valence-corrected chi connectivity index (χ0v) is 13.4. The zero-order chi connectivity index (χ0) is 16.9. The fraction of sp³-hybridized carbons (Fsp3) is 0. The molecular formula is C19H14FNO2S. The van der Waals surface area contributed by atoms with E-state index in [1.165, 1.54) is 24.3 Å². The first-order valence-corrected chi connectivity index (χ1v) is 8.42. The summed E-state index contributed by atoms with van der Waals surface area (Å²) >= 11 is 0. The Labute approximate surface area is 141 Å². The van der Waals surface area contributed by atoms with Gasteiger partial charge < -0.3 is 4.72 Å². The Balaban J connectivity index is 1.72. The predicted octanol–water partition coefficient (Wildman–Crippen LogP) is 4.19. The SMILES string of the molecule is O=C(c1ccc(F)cc1)c1ccc(N[S@@](=O)c2ccccc2)cc1. The van der Waals surface area contributed by atoms with Gasteiger partial charge in [-0.15, -0.1) is 0 Å². The first kappa shape index (κ1) is 16.1. The molecule has 1 N–H and O–H groups in total. The molecule has 24 heavy (non-hydrogen) atoms. The lowest BCUT2D eigenvalue weighted by atomic mass is 10.0. The van der Waals surface area contributed by atoms with E-state index in [2.05, 4.69) is 4.72 Å². The van der Waals surface area contributed by atoms with E-state index in [1.807, 2.05) is 18.2 Å². The third-order valence-corrected chi connectivity index (χ3v) is 4.54. The molecule has 0 aliphatic carbocycles. The molecule has 0 aliphatic heterocycles. The Hall–Kier alpha value is -2.79. The summed E-state index contributed by atoms with van der Waals surface area (Å²) in [5.74, 6) is -0.569. The van der Waals surface area contributed by atoms with Crippen LogP contribution in [0.5, 0.6) is 0 Å². The number of carbonyl (C=O) groups is 1. The summed E-state index contributed by atoms with van der Waals surface area (Å²) in [5.41, 5.74) is 1.55. The molecule has 0 saturated carbocycles. The highest BCUT2D eigenvalue weighted by atomic mass is 32.2. The van der Waals surface area contributed by atoms with Gasteiger partial charge in [0.2, 0.25) is 0 Å². The van der Waals surface area contributed by atoms with Crippen molar-refractivity contribution in [2.24, 2.45) is 0 Å². The van der Waals surface area contributed by atoms with Crippen LogP contribution in [0.1, 0.15) is 15.9 Å². The maximum absolute atomic E-state index is 12.9. The fourth-order valence-electron chi connectivity index (χ4n) is 2.17. The Morgan fingerprint density at radius 1 is 0.792 bits per heavy atom. The molecule has 0 radical (unpaired) electrons. The summed E-state index contributed by atoms with van der Waals surface area (Å²) in [7, 11) is -1.37. The molecule has 3 rings (SSSR count). The maximum atomic E-state index is 12.9. The van der Waals surface area contributed by atoms with Gasteiger partial charge in [-0.2, -0.15) is 0 Å². The fourth-order valence-corrected chi connectivity index (χ4v) is 3.04. The maximum Gasteiger partial charge on any atom is 0.193 e. The third-order valence-electron chi connectivity index (χ3n) is 3.42. The van der Waals surface area contributed by atoms with Gasteiger partial charge in [-0.1, -0.05) is 18.2 Å². The highest BCUT2D eigenvalue weighted by Crippen LogP contribution is 2.16. The van der Waals surface area contributed by atoms with Gasteiger partial charge in [-0.3, -0.25) is 4.79 Å². The highest BCUT2D eigenvalue weighted by molar-refractivity contribution is 7.86. The molecule has 1 atom stereocenters. The van der Waals surface area contributed by atoms with Gasteiger partial charge >= 0.3 is 0 Å². The van der Waals surface area contributed by atoms with E-state index in [4.69, 9.17) is 0 Å². The second-order valence-corrected chi connectivity index (χ2v) is 6.31. The molecule has 0 spiro atoms. The monoisotopic (exact) mass is 339 g/mol. The molecule has 0 heterocycles. The zero-order valence-electron chi connectivity index (χ0n) is 12.6. The number of hydrogen-bond acceptors (Lipinski definition) is 2. The number of carbonyl (C=O) groups excluding carboxylic acids is 1. The van der Waals surface area contributed by atoms with Gasteiger partial charge in [-0.05, 0) is 60.7 Å². The molecule has 0 aliphatic rings. The topological polar surface area (TPSA) is 46.2 Å². The van der Waals surface area contributed by atoms with Crippen LogP contribution in [-0.2, 0) is 11.0 Å². The number of ketones is 1. The van der Waals surface area contributed by atoms with E-state index >= 15 is 0 Å². The van der Waals surface area contributed by atoms with Crippen molar-refractivity contribution in [3.05, 3.63) is 95.8 Å². The van der Waals surface area contributed by atoms with Crippen molar-refractivity contribution in [2.75, 3.05) is 4.72 Å². The molecule has 0 fully saturated rings. The number of halogens is 1. The quantitative estimate of drug-likeness (QED) is 0.709. The molecule has 0 amide bonds. The average Bonchev–Trinajstić information content (AvgIpc) is 2.63. The van der Waals surface area contributed by atoms with Crippen LogP contribution in [0.25, 0.3) is 0 Å². The average molecular weight is 339 g/mol. The van der Waals surface area contributed by atoms with Crippen LogP contribution >= 0.6 is 0 Å². The summed E-state index contributed by atoms with van der Waals surface area (Å²) in [6.45, 7) is 0. The summed E-state index contributed by atoms with van der Waals surface area (Å²) < 4.78 is 28.0. The van der Waals surface area contributed by atoms with Crippen molar-refractivity contribution in [3.8, 4) is 0 Å². The Morgan fingerprint density at radius 2 is 1.33 bits per heavy atom. The molecule has 0 aromatic heterocycles. The first-order chi connectivity index (χ1) is 11.6. The van der Waals surface area contributed by atoms with Crippen molar-refractivity contribution in [1.29, 1.82) is 0 Å². The lowest BCUT2D eigenvalue weighted by Gasteiger charge is -2.07. The molecule has 3 nitrogen and oxygen atoms in total. The van der Waals surface area contributed by atoms with Crippen LogP contribution in [0.2, 0.25) is 0 Å². The minimum atomic E-state index is -1.37. The summed E-state index contributed by atoms with van der Waals surface area (Å²) in [5, 5.41) is 0. The molecule has 0 saturated heterocycles. The number of anilines is 1. The van der Waals surface area contributed by atoms with Crippen molar-refractivity contribution in [2.45, 2.75) is 4.90 Å². The third kappa shape index (κ3) is 3.75. The van der Waals surface area contributed by atoms with Crippen molar-refractivity contribution in [1.82, 2.24) is 0 Å². The van der Waals surface area contributed by atoms with Crippen LogP contribution < -0.4 is 4.72 Å². The summed E-state index contributed by atoms with van der Waals surface area (Å²) in [4.78, 5) is 13.0. The van der Waals surface area contributed by atoms with Gasteiger partial charge in [0, 0.05) is 16.8 Å². The predicted molar refractivity (Wildman–Crippen MR) is 92.7 cm³/mol. The van der Waals surface area contributed by atoms with E-state index in [-0.39, 0.29) is 11.6 Å². The van der Waals surface area contributed by atoms with E-state index in [1.54, 1.807) is 36.4 Å². The van der Waals surface area contributed by atoms with Crippen LogP contribution in [-0.4, -0.2) is 9.99 Å². The molecule has 0 unspecified atom stereocenters. The van der Waals surface area contributed by atoms with E-state index in [0.717, 1.165) is 0 Å². The molecule has 5 heteroatoms. The highest BCUT2D eigenvalue weighted by Gasteiger charge is 2.10. The number of nitrogens with one attached hydrogen (secondary N) is 1. The van der Waals surface area contributed by atoms with E-state index in [9.17, 15) is 13.4 Å². The van der Waals surface area contributed by atoms with Crippen molar-refractivity contribution < 1.29 is 13.4 Å². The van der Waals surface area contributed by atoms with Gasteiger partial charge in [0.1, 0.15) is 16.8 Å². The Morgan fingerprint density at radius 3 is 1.92 bits per heavy atom. The molecule has 3 aromatic carbocycles. The van der Waals surface area contributed by atoms with Crippen LogP contribution in [0.15, 0.2) is 83.8 Å². The molecular weight excluding hydrogens is 325 g/mol. The number of benzene rings is 3. The summed E-state index contributed by atoms with van der Waals surface area (Å²) in [6.07, 6.45) is 0. The standard InChI is InChI=1S/C19H14FNO2S/c20-16-10-6-14(7-11-16)19(22)15-8-12-17(13-9-15)21-24(23)18-4-2-1-3-5-18/h1-13,21H/t24-/m0/s1. The van der Waals surface area contributed by atoms with Crippen LogP contribution in [0.4, 0.5) is 10.1 Å². The second-order valence-electron chi connectivity index (χ2n) is 5.10. The molecule has 120 valence electrons. The van der Waals surface area contributed by atoms with E-state index in [0.29, 0.717) is 21.7 Å². The van der Waals surface area contributed by atoms with Crippen molar-refractivity contribution >= 4 is 22.5 Å². The lowest BCUT2D eigenvalue weighted by molar-refractivity contribution is 0.103. The molecule has 0 bridgehead atoms. The Kier molecular flexibility index (Phi) is 4.82. The van der Waals surface area contributed by atoms with Gasteiger partial charge in [0.15, 0.2) is 5.78 Å². The smallest absolute Gasteiger partial charge is 0.193 e. The Bertz CT molecular complexity index is 862. The van der Waals surface area contributed by atoms with E-state index < -0.39 is 11.0 Å². The lowest BCUT2D eigenvalue weighted by Crippen LogP contribution is -2.05. The van der Waals surface area contributed by atoms with Crippen LogP contribution in [0.3, 0.4) is 0 Å². The normalized spacial score (nSPS) is 11.7.